The fraction of sp³-hybridized carbons (Fsp3) is 0.0833. The fourth-order valence-corrected chi connectivity index (χ4v) is 2.17. The lowest BCUT2D eigenvalue weighted by Gasteiger charge is -2.05. The topological polar surface area (TPSA) is 80.5 Å². The van der Waals surface area contributed by atoms with E-state index in [-0.39, 0.29) is 5.95 Å². The predicted molar refractivity (Wildman–Crippen MR) is 70.4 cm³/mol. The van der Waals surface area contributed by atoms with E-state index in [0.29, 0.717) is 17.3 Å². The van der Waals surface area contributed by atoms with Crippen molar-refractivity contribution in [1.82, 2.24) is 19.9 Å². The number of anilines is 1. The van der Waals surface area contributed by atoms with Crippen LogP contribution in [0.3, 0.4) is 0 Å². The Bertz CT molecular complexity index is 707. The second-order valence-corrected chi connectivity index (χ2v) is 4.31. The molecule has 0 unspecified atom stereocenters. The van der Waals surface area contributed by atoms with E-state index in [1.54, 1.807) is 0 Å². The predicted octanol–water partition coefficient (Wildman–Crippen LogP) is 2.18. The van der Waals surface area contributed by atoms with E-state index in [2.05, 4.69) is 19.9 Å². The number of nitrogens with zero attached hydrogens (tertiary/aromatic N) is 3. The second-order valence-electron chi connectivity index (χ2n) is 3.90. The maximum absolute atomic E-state index is 6.23. The molecule has 0 fully saturated rings. The zero-order chi connectivity index (χ0) is 12.5. The van der Waals surface area contributed by atoms with Gasteiger partial charge < -0.3 is 10.7 Å². The smallest absolute Gasteiger partial charge is 0.223 e. The zero-order valence-electron chi connectivity index (χ0n) is 9.39. The van der Waals surface area contributed by atoms with E-state index in [1.807, 2.05) is 24.4 Å². The minimum Gasteiger partial charge on any atom is -0.368 e. The third-order valence-corrected chi connectivity index (χ3v) is 3.12. The van der Waals surface area contributed by atoms with Gasteiger partial charge in [0.2, 0.25) is 5.95 Å². The molecule has 3 N–H and O–H groups in total. The Morgan fingerprint density at radius 1 is 1.22 bits per heavy atom. The Morgan fingerprint density at radius 2 is 2.11 bits per heavy atom. The standard InChI is InChI=1S/C12H10ClN5/c13-9-1-2-10-7(3-4-15-10)8(9)5-11-16-6-17-12(14)18-11/h1-4,6,15H,5H2,(H2,14,16,17,18). The van der Waals surface area contributed by atoms with E-state index in [0.717, 1.165) is 16.5 Å². The van der Waals surface area contributed by atoms with Crippen molar-refractivity contribution in [3.63, 3.8) is 0 Å². The molecule has 0 amide bonds. The second kappa shape index (κ2) is 4.27. The van der Waals surface area contributed by atoms with E-state index in [1.165, 1.54) is 6.33 Å². The maximum Gasteiger partial charge on any atom is 0.223 e. The van der Waals surface area contributed by atoms with Crippen LogP contribution < -0.4 is 5.73 Å². The van der Waals surface area contributed by atoms with Crippen LogP contribution in [-0.2, 0) is 6.42 Å². The minimum absolute atomic E-state index is 0.220. The van der Waals surface area contributed by atoms with Crippen molar-refractivity contribution in [2.24, 2.45) is 0 Å². The average Bonchev–Trinajstić information content (AvgIpc) is 2.81. The van der Waals surface area contributed by atoms with Gasteiger partial charge in [0.05, 0.1) is 0 Å². The van der Waals surface area contributed by atoms with Crippen molar-refractivity contribution < 1.29 is 0 Å². The van der Waals surface area contributed by atoms with Crippen LogP contribution in [0.5, 0.6) is 0 Å². The summed E-state index contributed by atoms with van der Waals surface area (Å²) in [6, 6.07) is 5.80. The third kappa shape index (κ3) is 1.89. The number of benzene rings is 1. The highest BCUT2D eigenvalue weighted by atomic mass is 35.5. The number of rotatable bonds is 2. The number of aromatic nitrogens is 4. The molecule has 18 heavy (non-hydrogen) atoms. The summed E-state index contributed by atoms with van der Waals surface area (Å²) in [5.41, 5.74) is 7.57. The zero-order valence-corrected chi connectivity index (χ0v) is 10.1. The van der Waals surface area contributed by atoms with Crippen LogP contribution in [-0.4, -0.2) is 19.9 Å². The van der Waals surface area contributed by atoms with Crippen molar-refractivity contribution in [3.8, 4) is 0 Å². The number of nitrogens with one attached hydrogen (secondary N) is 1. The summed E-state index contributed by atoms with van der Waals surface area (Å²) < 4.78 is 0. The average molecular weight is 260 g/mol. The molecule has 0 saturated carbocycles. The Balaban J connectivity index is 2.09. The molecule has 0 radical (unpaired) electrons. The van der Waals surface area contributed by atoms with Crippen LogP contribution >= 0.6 is 11.6 Å². The number of H-pyrrole nitrogens is 1. The molecule has 0 bridgehead atoms. The Morgan fingerprint density at radius 3 is 2.94 bits per heavy atom. The number of fused-ring (bicyclic) bond motifs is 1. The van der Waals surface area contributed by atoms with Gasteiger partial charge in [0.25, 0.3) is 0 Å². The van der Waals surface area contributed by atoms with Crippen LogP contribution in [0, 0.1) is 0 Å². The first-order chi connectivity index (χ1) is 8.74. The summed E-state index contributed by atoms with van der Waals surface area (Å²) in [4.78, 5) is 15.1. The van der Waals surface area contributed by atoms with Crippen LogP contribution in [0.15, 0.2) is 30.7 Å². The highest BCUT2D eigenvalue weighted by Gasteiger charge is 2.09. The molecule has 90 valence electrons. The molecule has 3 aromatic rings. The molecule has 0 spiro atoms. The maximum atomic E-state index is 6.23. The molecule has 3 rings (SSSR count). The lowest BCUT2D eigenvalue weighted by Crippen LogP contribution is -2.02. The molecular formula is C12H10ClN5. The highest BCUT2D eigenvalue weighted by Crippen LogP contribution is 2.27. The first-order valence-corrected chi connectivity index (χ1v) is 5.79. The van der Waals surface area contributed by atoms with Crippen molar-refractivity contribution >= 4 is 28.5 Å². The molecule has 0 saturated heterocycles. The number of halogens is 1. The summed E-state index contributed by atoms with van der Waals surface area (Å²) in [5.74, 6) is 0.829. The number of hydrogen-bond acceptors (Lipinski definition) is 4. The first-order valence-electron chi connectivity index (χ1n) is 5.42. The number of nitrogens with two attached hydrogens (primary N) is 1. The van der Waals surface area contributed by atoms with Crippen LogP contribution in [0.1, 0.15) is 11.4 Å². The summed E-state index contributed by atoms with van der Waals surface area (Å²) in [6.45, 7) is 0. The van der Waals surface area contributed by atoms with Gasteiger partial charge in [-0.3, -0.25) is 0 Å². The fourth-order valence-electron chi connectivity index (χ4n) is 1.94. The van der Waals surface area contributed by atoms with E-state index >= 15 is 0 Å². The van der Waals surface area contributed by atoms with Gasteiger partial charge in [-0.2, -0.15) is 4.98 Å². The molecule has 6 heteroatoms. The van der Waals surface area contributed by atoms with Crippen molar-refractivity contribution in [3.05, 3.63) is 47.1 Å². The van der Waals surface area contributed by atoms with Gasteiger partial charge in [-0.15, -0.1) is 0 Å². The summed E-state index contributed by atoms with van der Waals surface area (Å²) in [6.07, 6.45) is 3.82. The molecule has 2 heterocycles. The van der Waals surface area contributed by atoms with Crippen molar-refractivity contribution in [2.75, 3.05) is 5.73 Å². The van der Waals surface area contributed by atoms with Gasteiger partial charge >= 0.3 is 0 Å². The lowest BCUT2D eigenvalue weighted by atomic mass is 10.1. The Labute approximate surface area is 108 Å². The molecular weight excluding hydrogens is 250 g/mol. The molecule has 0 aliphatic carbocycles. The van der Waals surface area contributed by atoms with Crippen LogP contribution in [0.25, 0.3) is 10.9 Å². The van der Waals surface area contributed by atoms with Crippen LogP contribution in [0.2, 0.25) is 5.02 Å². The Kier molecular flexibility index (Phi) is 2.60. The monoisotopic (exact) mass is 259 g/mol. The van der Waals surface area contributed by atoms with Crippen LogP contribution in [0.4, 0.5) is 5.95 Å². The molecule has 5 nitrogen and oxygen atoms in total. The number of hydrogen-bond donors (Lipinski definition) is 2. The summed E-state index contributed by atoms with van der Waals surface area (Å²) in [7, 11) is 0. The van der Waals surface area contributed by atoms with Gasteiger partial charge in [0.1, 0.15) is 12.2 Å². The quantitative estimate of drug-likeness (QED) is 0.739. The normalized spacial score (nSPS) is 10.9. The van der Waals surface area contributed by atoms with Gasteiger partial charge in [-0.1, -0.05) is 11.6 Å². The SMILES string of the molecule is Nc1ncnc(Cc2c(Cl)ccc3[nH]ccc23)n1. The third-order valence-electron chi connectivity index (χ3n) is 2.76. The van der Waals surface area contributed by atoms with E-state index < -0.39 is 0 Å². The summed E-state index contributed by atoms with van der Waals surface area (Å²) >= 11 is 6.23. The molecule has 1 aromatic carbocycles. The lowest BCUT2D eigenvalue weighted by molar-refractivity contribution is 0.933. The Hall–Kier alpha value is -2.14. The van der Waals surface area contributed by atoms with Gasteiger partial charge in [0.15, 0.2) is 0 Å². The molecule has 0 aliphatic heterocycles. The van der Waals surface area contributed by atoms with Crippen molar-refractivity contribution in [2.45, 2.75) is 6.42 Å². The number of aromatic amines is 1. The highest BCUT2D eigenvalue weighted by molar-refractivity contribution is 6.32. The number of nitrogen functional groups attached to an aromatic ring is 1. The minimum atomic E-state index is 0.220. The largest absolute Gasteiger partial charge is 0.368 e. The molecule has 0 atom stereocenters. The molecule has 2 aromatic heterocycles. The van der Waals surface area contributed by atoms with Gasteiger partial charge in [0, 0.05) is 28.5 Å². The van der Waals surface area contributed by atoms with Crippen molar-refractivity contribution in [1.29, 1.82) is 0 Å². The first kappa shape index (κ1) is 11.0. The van der Waals surface area contributed by atoms with E-state index in [9.17, 15) is 0 Å². The van der Waals surface area contributed by atoms with Gasteiger partial charge in [-0.25, -0.2) is 9.97 Å². The van der Waals surface area contributed by atoms with E-state index in [4.69, 9.17) is 17.3 Å². The summed E-state index contributed by atoms with van der Waals surface area (Å²) in [5, 5.41) is 1.77. The molecule has 0 aliphatic rings. The van der Waals surface area contributed by atoms with Gasteiger partial charge in [-0.05, 0) is 23.8 Å².